The number of hydrogen-bond donors (Lipinski definition) is 3. The molecule has 0 aliphatic carbocycles. The highest BCUT2D eigenvalue weighted by atomic mass is 32.2. The fourth-order valence-corrected chi connectivity index (χ4v) is 3.47. The number of aromatic carboxylic acids is 1. The van der Waals surface area contributed by atoms with Crippen molar-refractivity contribution in [2.24, 2.45) is 0 Å². The van der Waals surface area contributed by atoms with Gasteiger partial charge in [-0.1, -0.05) is 13.8 Å². The smallest absolute Gasteiger partial charge is 0.335 e. The molecule has 0 radical (unpaired) electrons. The summed E-state index contributed by atoms with van der Waals surface area (Å²) in [7, 11) is -4.29. The molecule has 6 nitrogen and oxygen atoms in total. The van der Waals surface area contributed by atoms with Gasteiger partial charge in [-0.3, -0.25) is 0 Å². The van der Waals surface area contributed by atoms with E-state index >= 15 is 0 Å². The van der Waals surface area contributed by atoms with E-state index in [1.54, 1.807) is 13.8 Å². The summed E-state index contributed by atoms with van der Waals surface area (Å²) in [4.78, 5) is 10.1. The maximum atomic E-state index is 13.7. The third-order valence-electron chi connectivity index (χ3n) is 3.47. The van der Waals surface area contributed by atoms with E-state index in [-0.39, 0.29) is 5.56 Å². The van der Waals surface area contributed by atoms with Crippen LogP contribution in [0.15, 0.2) is 23.1 Å². The average molecular weight is 319 g/mol. The van der Waals surface area contributed by atoms with Crippen molar-refractivity contribution in [3.8, 4) is 0 Å². The van der Waals surface area contributed by atoms with E-state index < -0.39 is 38.9 Å². The number of hydrogen-bond acceptors (Lipinski definition) is 4. The largest absolute Gasteiger partial charge is 0.478 e. The van der Waals surface area contributed by atoms with Gasteiger partial charge < -0.3 is 10.2 Å². The topological polar surface area (TPSA) is 104 Å². The summed E-state index contributed by atoms with van der Waals surface area (Å²) in [5, 5.41) is 18.2. The number of rotatable bonds is 7. The lowest BCUT2D eigenvalue weighted by atomic mass is 9.96. The van der Waals surface area contributed by atoms with Gasteiger partial charge in [-0.2, -0.15) is 0 Å². The fourth-order valence-electron chi connectivity index (χ4n) is 1.83. The molecule has 0 fully saturated rings. The van der Waals surface area contributed by atoms with Crippen molar-refractivity contribution in [3.05, 3.63) is 29.6 Å². The third-order valence-corrected chi connectivity index (χ3v) is 5.07. The summed E-state index contributed by atoms with van der Waals surface area (Å²) in [6, 6.07) is 2.53. The molecule has 0 aliphatic rings. The predicted molar refractivity (Wildman–Crippen MR) is 74.1 cm³/mol. The van der Waals surface area contributed by atoms with Crippen LogP contribution in [-0.4, -0.2) is 36.7 Å². The van der Waals surface area contributed by atoms with Crippen molar-refractivity contribution in [3.63, 3.8) is 0 Å². The Balaban J connectivity index is 3.31. The zero-order chi connectivity index (χ0) is 16.3. The highest BCUT2D eigenvalue weighted by Crippen LogP contribution is 2.22. The van der Waals surface area contributed by atoms with Crippen LogP contribution in [0.1, 0.15) is 37.0 Å². The monoisotopic (exact) mass is 319 g/mol. The molecule has 0 bridgehead atoms. The van der Waals surface area contributed by atoms with Crippen molar-refractivity contribution in [2.45, 2.75) is 37.1 Å². The molecule has 0 aliphatic heterocycles. The van der Waals surface area contributed by atoms with E-state index in [4.69, 9.17) is 5.11 Å². The zero-order valence-electron chi connectivity index (χ0n) is 11.8. The molecule has 1 rings (SSSR count). The molecule has 118 valence electrons. The first kappa shape index (κ1) is 17.5. The Labute approximate surface area is 122 Å². The van der Waals surface area contributed by atoms with Crippen LogP contribution in [-0.2, 0) is 10.0 Å². The number of halogens is 1. The third kappa shape index (κ3) is 3.78. The van der Waals surface area contributed by atoms with Crippen molar-refractivity contribution >= 4 is 16.0 Å². The molecule has 3 N–H and O–H groups in total. The van der Waals surface area contributed by atoms with Gasteiger partial charge in [-0.05, 0) is 31.0 Å². The molecule has 1 aromatic carbocycles. The van der Waals surface area contributed by atoms with Crippen LogP contribution in [0.3, 0.4) is 0 Å². The van der Waals surface area contributed by atoms with Gasteiger partial charge in [0.2, 0.25) is 10.0 Å². The Morgan fingerprint density at radius 2 is 1.90 bits per heavy atom. The lowest BCUT2D eigenvalue weighted by Gasteiger charge is -2.30. The standard InChI is InChI=1S/C13H18FNO5S/c1-3-13(4-2,8-16)15-21(19,20)11-7-9(12(17)18)5-6-10(11)14/h5-7,15-16H,3-4,8H2,1-2H3,(H,17,18). The Hall–Kier alpha value is -1.51. The van der Waals surface area contributed by atoms with Crippen molar-refractivity contribution in [1.82, 2.24) is 4.72 Å². The predicted octanol–water partition coefficient (Wildman–Crippen LogP) is 1.35. The minimum absolute atomic E-state index is 0.305. The molecule has 1 aromatic rings. The molecular weight excluding hydrogens is 301 g/mol. The van der Waals surface area contributed by atoms with E-state index in [0.717, 1.165) is 18.2 Å². The summed E-state index contributed by atoms with van der Waals surface area (Å²) in [5.74, 6) is -2.41. The summed E-state index contributed by atoms with van der Waals surface area (Å²) in [5.41, 5.74) is -1.44. The second-order valence-corrected chi connectivity index (χ2v) is 6.35. The molecule has 8 heteroatoms. The summed E-state index contributed by atoms with van der Waals surface area (Å²) in [6.45, 7) is 2.93. The molecule has 0 unspecified atom stereocenters. The van der Waals surface area contributed by atoms with Gasteiger partial charge >= 0.3 is 5.97 Å². The maximum Gasteiger partial charge on any atom is 0.335 e. The number of carboxylic acids is 1. The van der Waals surface area contributed by atoms with Gasteiger partial charge in [-0.25, -0.2) is 22.3 Å². The zero-order valence-corrected chi connectivity index (χ0v) is 12.6. The highest BCUT2D eigenvalue weighted by Gasteiger charge is 2.33. The Kier molecular flexibility index (Phi) is 5.43. The van der Waals surface area contributed by atoms with Crippen LogP contribution in [0.5, 0.6) is 0 Å². The highest BCUT2D eigenvalue weighted by molar-refractivity contribution is 7.89. The first-order chi connectivity index (χ1) is 9.71. The van der Waals surface area contributed by atoms with Crippen molar-refractivity contribution < 1.29 is 27.8 Å². The normalized spacial score (nSPS) is 12.4. The van der Waals surface area contributed by atoms with Crippen LogP contribution < -0.4 is 4.72 Å². The number of carbonyl (C=O) groups is 1. The summed E-state index contributed by atoms with van der Waals surface area (Å²) < 4.78 is 40.5. The number of sulfonamides is 1. The second kappa shape index (κ2) is 6.50. The average Bonchev–Trinajstić information content (AvgIpc) is 2.45. The van der Waals surface area contributed by atoms with Crippen LogP contribution in [0, 0.1) is 5.82 Å². The minimum Gasteiger partial charge on any atom is -0.478 e. The first-order valence-electron chi connectivity index (χ1n) is 6.39. The van der Waals surface area contributed by atoms with Crippen LogP contribution in [0.25, 0.3) is 0 Å². The molecule has 0 aromatic heterocycles. The molecule has 0 amide bonds. The molecule has 0 saturated carbocycles. The van der Waals surface area contributed by atoms with E-state index in [2.05, 4.69) is 4.72 Å². The fraction of sp³-hybridized carbons (Fsp3) is 0.462. The summed E-state index contributed by atoms with van der Waals surface area (Å²) in [6.07, 6.45) is 0.610. The molecule has 21 heavy (non-hydrogen) atoms. The van der Waals surface area contributed by atoms with E-state index in [1.807, 2.05) is 0 Å². The number of carboxylic acid groups (broad SMARTS) is 1. The summed E-state index contributed by atoms with van der Waals surface area (Å²) >= 11 is 0. The maximum absolute atomic E-state index is 13.7. The van der Waals surface area contributed by atoms with Crippen molar-refractivity contribution in [1.29, 1.82) is 0 Å². The van der Waals surface area contributed by atoms with Gasteiger partial charge in [0.1, 0.15) is 10.7 Å². The lowest BCUT2D eigenvalue weighted by Crippen LogP contribution is -2.50. The van der Waals surface area contributed by atoms with Gasteiger partial charge in [0.05, 0.1) is 17.7 Å². The van der Waals surface area contributed by atoms with Gasteiger partial charge in [0.25, 0.3) is 0 Å². The number of nitrogens with one attached hydrogen (secondary N) is 1. The van der Waals surface area contributed by atoms with Crippen LogP contribution in [0.4, 0.5) is 4.39 Å². The van der Waals surface area contributed by atoms with Gasteiger partial charge in [-0.15, -0.1) is 0 Å². The molecular formula is C13H18FNO5S. The van der Waals surface area contributed by atoms with Crippen molar-refractivity contribution in [2.75, 3.05) is 6.61 Å². The Bertz CT molecular complexity index is 617. The quantitative estimate of drug-likeness (QED) is 0.704. The lowest BCUT2D eigenvalue weighted by molar-refractivity contribution is 0.0696. The molecule has 0 spiro atoms. The number of aliphatic hydroxyl groups excluding tert-OH is 1. The first-order valence-corrected chi connectivity index (χ1v) is 7.87. The Morgan fingerprint density at radius 3 is 2.33 bits per heavy atom. The van der Waals surface area contributed by atoms with Crippen LogP contribution in [0.2, 0.25) is 0 Å². The molecule has 0 atom stereocenters. The van der Waals surface area contributed by atoms with E-state index in [1.165, 1.54) is 0 Å². The molecule has 0 heterocycles. The number of benzene rings is 1. The van der Waals surface area contributed by atoms with Gasteiger partial charge in [0, 0.05) is 0 Å². The minimum atomic E-state index is -4.29. The van der Waals surface area contributed by atoms with E-state index in [9.17, 15) is 22.7 Å². The SMILES string of the molecule is CCC(CC)(CO)NS(=O)(=O)c1cc(C(=O)O)ccc1F. The van der Waals surface area contributed by atoms with Crippen LogP contribution >= 0.6 is 0 Å². The number of aliphatic hydroxyl groups is 1. The second-order valence-electron chi connectivity index (χ2n) is 4.70. The Morgan fingerprint density at radius 1 is 1.33 bits per heavy atom. The molecule has 0 saturated heterocycles. The van der Waals surface area contributed by atoms with Gasteiger partial charge in [0.15, 0.2) is 0 Å². The van der Waals surface area contributed by atoms with E-state index in [0.29, 0.717) is 12.8 Å².